The zero-order valence-electron chi connectivity index (χ0n) is 17.5. The van der Waals surface area contributed by atoms with Crippen molar-refractivity contribution in [3.8, 4) is 22.8 Å². The normalized spacial score (nSPS) is 14.5. The number of carbonyl (C=O) groups excluding carboxylic acids is 2. The molecule has 0 bridgehead atoms. The van der Waals surface area contributed by atoms with Crippen molar-refractivity contribution in [3.63, 3.8) is 0 Å². The second-order valence-electron chi connectivity index (χ2n) is 7.20. The molecule has 1 saturated heterocycles. The van der Waals surface area contributed by atoms with Crippen molar-refractivity contribution >= 4 is 23.0 Å². The minimum atomic E-state index is -0.107. The number of aromatic nitrogens is 2. The van der Waals surface area contributed by atoms with Crippen LogP contribution in [0.5, 0.6) is 11.5 Å². The molecule has 1 fully saturated rings. The summed E-state index contributed by atoms with van der Waals surface area (Å²) in [6.45, 7) is 2.83. The Kier molecular flexibility index (Phi) is 6.34. The highest BCUT2D eigenvalue weighted by Crippen LogP contribution is 2.32. The molecule has 1 aromatic carbocycles. The molecule has 0 saturated carbocycles. The topological polar surface area (TPSA) is 87.8 Å². The maximum atomic E-state index is 13.0. The molecular formula is C22H24N4O4S. The Balaban J connectivity index is 1.39. The number of benzene rings is 1. The molecule has 162 valence electrons. The largest absolute Gasteiger partial charge is 0.497 e. The van der Waals surface area contributed by atoms with Gasteiger partial charge in [0.05, 0.1) is 31.3 Å². The number of ether oxygens (including phenoxy) is 2. The average molecular weight is 441 g/mol. The van der Waals surface area contributed by atoms with Gasteiger partial charge in [-0.15, -0.1) is 11.3 Å². The van der Waals surface area contributed by atoms with Crippen LogP contribution in [0.1, 0.15) is 20.2 Å². The van der Waals surface area contributed by atoms with E-state index in [-0.39, 0.29) is 11.7 Å². The lowest BCUT2D eigenvalue weighted by molar-refractivity contribution is 0.0619. The van der Waals surface area contributed by atoms with Crippen LogP contribution >= 0.6 is 11.3 Å². The zero-order valence-corrected chi connectivity index (χ0v) is 18.3. The summed E-state index contributed by atoms with van der Waals surface area (Å²) >= 11 is 1.46. The molecule has 2 aromatic heterocycles. The van der Waals surface area contributed by atoms with Gasteiger partial charge in [-0.3, -0.25) is 19.6 Å². The molecule has 0 atom stereocenters. The van der Waals surface area contributed by atoms with Crippen LogP contribution < -0.4 is 9.47 Å². The molecule has 1 amide bonds. The van der Waals surface area contributed by atoms with Crippen LogP contribution in [0.4, 0.5) is 0 Å². The number of nitrogens with zero attached hydrogens (tertiary/aromatic N) is 3. The molecule has 4 rings (SSSR count). The summed E-state index contributed by atoms with van der Waals surface area (Å²) in [5, 5.41) is 9.06. The Labute approximate surface area is 184 Å². The Morgan fingerprint density at radius 1 is 1.10 bits per heavy atom. The van der Waals surface area contributed by atoms with E-state index in [0.29, 0.717) is 55.6 Å². The van der Waals surface area contributed by atoms with Crippen LogP contribution in [0, 0.1) is 0 Å². The number of carbonyl (C=O) groups is 2. The SMILES string of the molecule is COc1ccc(OC)c(-c2cc(C(=O)N3CCN(CC(=O)c4cccs4)CC3)[nH]n2)c1. The maximum absolute atomic E-state index is 13.0. The van der Waals surface area contributed by atoms with Gasteiger partial charge in [-0.2, -0.15) is 5.10 Å². The van der Waals surface area contributed by atoms with Crippen molar-refractivity contribution in [1.82, 2.24) is 20.0 Å². The van der Waals surface area contributed by atoms with Crippen LogP contribution in [0.25, 0.3) is 11.3 Å². The summed E-state index contributed by atoms with van der Waals surface area (Å²) in [5.41, 5.74) is 1.77. The molecular weight excluding hydrogens is 416 g/mol. The number of amides is 1. The molecule has 3 aromatic rings. The monoisotopic (exact) mass is 440 g/mol. The number of ketones is 1. The maximum Gasteiger partial charge on any atom is 0.271 e. The summed E-state index contributed by atoms with van der Waals surface area (Å²) in [6, 6.07) is 10.9. The number of Topliss-reactive ketones (excluding diaryl/α,β-unsaturated/α-hetero) is 1. The molecule has 1 N–H and O–H groups in total. The molecule has 8 nitrogen and oxygen atoms in total. The summed E-state index contributed by atoms with van der Waals surface area (Å²) < 4.78 is 10.7. The molecule has 3 heterocycles. The Morgan fingerprint density at radius 2 is 1.90 bits per heavy atom. The minimum absolute atomic E-state index is 0.107. The number of piperazine rings is 1. The molecule has 0 radical (unpaired) electrons. The van der Waals surface area contributed by atoms with Crippen LogP contribution in [0.3, 0.4) is 0 Å². The lowest BCUT2D eigenvalue weighted by atomic mass is 10.1. The Morgan fingerprint density at radius 3 is 2.58 bits per heavy atom. The zero-order chi connectivity index (χ0) is 21.8. The summed E-state index contributed by atoms with van der Waals surface area (Å²) in [7, 11) is 3.19. The molecule has 31 heavy (non-hydrogen) atoms. The first-order valence-electron chi connectivity index (χ1n) is 9.95. The van der Waals surface area contributed by atoms with Crippen LogP contribution in [-0.4, -0.2) is 78.6 Å². The fraction of sp³-hybridized carbons (Fsp3) is 0.318. The second-order valence-corrected chi connectivity index (χ2v) is 8.15. The molecule has 9 heteroatoms. The van der Waals surface area contributed by atoms with Crippen molar-refractivity contribution in [2.45, 2.75) is 0 Å². The van der Waals surface area contributed by atoms with Crippen LogP contribution in [0.15, 0.2) is 41.8 Å². The van der Waals surface area contributed by atoms with Gasteiger partial charge in [0.25, 0.3) is 5.91 Å². The van der Waals surface area contributed by atoms with Crippen molar-refractivity contribution in [2.75, 3.05) is 46.9 Å². The first-order valence-corrected chi connectivity index (χ1v) is 10.8. The van der Waals surface area contributed by atoms with Crippen molar-refractivity contribution in [2.24, 2.45) is 0 Å². The summed E-state index contributed by atoms with van der Waals surface area (Å²) in [4.78, 5) is 29.9. The van der Waals surface area contributed by atoms with Crippen LogP contribution in [-0.2, 0) is 0 Å². The molecule has 0 unspecified atom stereocenters. The standard InChI is InChI=1S/C22H24N4O4S/c1-29-15-5-6-20(30-2)16(12-15)17-13-18(24-23-17)22(28)26-9-7-25(8-10-26)14-19(27)21-4-3-11-31-21/h3-6,11-13H,7-10,14H2,1-2H3,(H,23,24). The van der Waals surface area contributed by atoms with Gasteiger partial charge >= 0.3 is 0 Å². The van der Waals surface area contributed by atoms with Crippen molar-refractivity contribution in [3.05, 3.63) is 52.3 Å². The first kappa shape index (κ1) is 21.1. The number of hydrogen-bond donors (Lipinski definition) is 1. The van der Waals surface area contributed by atoms with Gasteiger partial charge in [0.2, 0.25) is 0 Å². The summed E-state index contributed by atoms with van der Waals surface area (Å²) in [5.74, 6) is 1.35. The van der Waals surface area contributed by atoms with Gasteiger partial charge in [-0.1, -0.05) is 6.07 Å². The fourth-order valence-corrected chi connectivity index (χ4v) is 4.24. The van der Waals surface area contributed by atoms with E-state index in [1.165, 1.54) is 11.3 Å². The first-order chi connectivity index (χ1) is 15.1. The quantitative estimate of drug-likeness (QED) is 0.569. The number of rotatable bonds is 7. The number of nitrogens with one attached hydrogen (secondary N) is 1. The van der Waals surface area contributed by atoms with Crippen LogP contribution in [0.2, 0.25) is 0 Å². The summed E-state index contributed by atoms with van der Waals surface area (Å²) in [6.07, 6.45) is 0. The number of aromatic amines is 1. The molecule has 1 aliphatic heterocycles. The predicted molar refractivity (Wildman–Crippen MR) is 118 cm³/mol. The minimum Gasteiger partial charge on any atom is -0.497 e. The highest BCUT2D eigenvalue weighted by molar-refractivity contribution is 7.12. The molecule has 0 aliphatic carbocycles. The molecule has 0 spiro atoms. The lowest BCUT2D eigenvalue weighted by Gasteiger charge is -2.33. The van der Waals surface area contributed by atoms with E-state index in [1.807, 2.05) is 29.6 Å². The Hall–Kier alpha value is -3.17. The smallest absolute Gasteiger partial charge is 0.271 e. The van der Waals surface area contributed by atoms with Crippen molar-refractivity contribution < 1.29 is 19.1 Å². The van der Waals surface area contributed by atoms with Crippen molar-refractivity contribution in [1.29, 1.82) is 0 Å². The number of methoxy groups -OCH3 is 2. The number of H-pyrrole nitrogens is 1. The fourth-order valence-electron chi connectivity index (χ4n) is 3.58. The predicted octanol–water partition coefficient (Wildman–Crippen LogP) is 2.80. The van der Waals surface area contributed by atoms with E-state index in [0.717, 1.165) is 10.4 Å². The second kappa shape index (κ2) is 9.32. The van der Waals surface area contributed by atoms with Gasteiger partial charge in [0.1, 0.15) is 17.2 Å². The van der Waals surface area contributed by atoms with E-state index in [2.05, 4.69) is 15.1 Å². The third-order valence-electron chi connectivity index (χ3n) is 5.31. The highest BCUT2D eigenvalue weighted by Gasteiger charge is 2.25. The highest BCUT2D eigenvalue weighted by atomic mass is 32.1. The van der Waals surface area contributed by atoms with Gasteiger partial charge in [-0.05, 0) is 35.7 Å². The number of thiophene rings is 1. The van der Waals surface area contributed by atoms with Gasteiger partial charge in [-0.25, -0.2) is 0 Å². The van der Waals surface area contributed by atoms with E-state index in [4.69, 9.17) is 9.47 Å². The van der Waals surface area contributed by atoms with E-state index in [1.54, 1.807) is 31.3 Å². The Bertz CT molecular complexity index is 1060. The van der Waals surface area contributed by atoms with Gasteiger partial charge in [0, 0.05) is 31.7 Å². The van der Waals surface area contributed by atoms with Gasteiger partial charge < -0.3 is 14.4 Å². The lowest BCUT2D eigenvalue weighted by Crippen LogP contribution is -2.49. The third-order valence-corrected chi connectivity index (χ3v) is 6.22. The third kappa shape index (κ3) is 4.62. The molecule has 1 aliphatic rings. The van der Waals surface area contributed by atoms with Gasteiger partial charge in [0.15, 0.2) is 5.78 Å². The van der Waals surface area contributed by atoms with E-state index >= 15 is 0 Å². The van der Waals surface area contributed by atoms with E-state index < -0.39 is 0 Å². The number of hydrogen-bond acceptors (Lipinski definition) is 7. The van der Waals surface area contributed by atoms with E-state index in [9.17, 15) is 9.59 Å². The average Bonchev–Trinajstić information content (AvgIpc) is 3.51.